The predicted octanol–water partition coefficient (Wildman–Crippen LogP) is 7.67. The highest BCUT2D eigenvalue weighted by Crippen LogP contribution is 2.44. The van der Waals surface area contributed by atoms with Gasteiger partial charge in [0.15, 0.2) is 0 Å². The summed E-state index contributed by atoms with van der Waals surface area (Å²) in [6, 6.07) is 7.18. The van der Waals surface area contributed by atoms with Crippen LogP contribution in [0, 0.1) is 12.7 Å². The number of fused-ring (bicyclic) bond motifs is 2. The fourth-order valence-electron chi connectivity index (χ4n) is 6.48. The van der Waals surface area contributed by atoms with Crippen LogP contribution in [0.1, 0.15) is 61.8 Å². The van der Waals surface area contributed by atoms with E-state index in [0.717, 1.165) is 17.7 Å². The number of benzene rings is 2. The van der Waals surface area contributed by atoms with Gasteiger partial charge in [-0.3, -0.25) is 4.79 Å². The number of amides is 1. The number of pyridine rings is 1. The van der Waals surface area contributed by atoms with E-state index in [4.69, 9.17) is 0 Å². The number of aliphatic hydroxyl groups excluding tert-OH is 1. The zero-order valence-corrected chi connectivity index (χ0v) is 24.5. The number of rotatable bonds is 5. The molecule has 1 amide bonds. The lowest BCUT2D eigenvalue weighted by atomic mass is 9.81. The SMILES string of the molecule is Cc1cc(F)ccc1-c1cc(N2[C@@H]3CC[C@H]2CC(O)C3)ncc1N(C)C(=O)C(C)(C)c1cc(C(F)(F)F)cc(C(F)(F)F)c1. The second kappa shape index (κ2) is 11.0. The summed E-state index contributed by atoms with van der Waals surface area (Å²) in [7, 11) is 1.38. The van der Waals surface area contributed by atoms with Gasteiger partial charge in [0, 0.05) is 24.7 Å². The van der Waals surface area contributed by atoms with Gasteiger partial charge in [0.1, 0.15) is 11.6 Å². The minimum Gasteiger partial charge on any atom is -0.393 e. The quantitative estimate of drug-likeness (QED) is 0.297. The van der Waals surface area contributed by atoms with Crippen LogP contribution in [-0.4, -0.2) is 41.2 Å². The summed E-state index contributed by atoms with van der Waals surface area (Å²) in [4.78, 5) is 21.9. The molecule has 0 radical (unpaired) electrons. The molecule has 1 N–H and O–H groups in total. The molecule has 1 aromatic heterocycles. The van der Waals surface area contributed by atoms with E-state index in [1.807, 2.05) is 0 Å². The summed E-state index contributed by atoms with van der Waals surface area (Å²) in [5.74, 6) is -0.651. The van der Waals surface area contributed by atoms with Crippen LogP contribution < -0.4 is 9.80 Å². The van der Waals surface area contributed by atoms with Crippen molar-refractivity contribution in [1.82, 2.24) is 4.98 Å². The number of likely N-dealkylation sites (N-methyl/N-ethyl adjacent to an activating group) is 1. The monoisotopic (exact) mass is 623 g/mol. The third kappa shape index (κ3) is 5.88. The summed E-state index contributed by atoms with van der Waals surface area (Å²) in [6.07, 6.45) is -6.21. The van der Waals surface area contributed by atoms with Crippen LogP contribution in [-0.2, 0) is 22.6 Å². The number of aliphatic hydroxyl groups is 1. The molecule has 1 unspecified atom stereocenters. The van der Waals surface area contributed by atoms with E-state index in [1.54, 1.807) is 19.1 Å². The summed E-state index contributed by atoms with van der Waals surface area (Å²) in [5, 5.41) is 10.3. The van der Waals surface area contributed by atoms with Gasteiger partial charge < -0.3 is 14.9 Å². The average Bonchev–Trinajstić information content (AvgIpc) is 3.21. The van der Waals surface area contributed by atoms with Crippen molar-refractivity contribution in [2.24, 2.45) is 0 Å². The molecule has 0 spiro atoms. The average molecular weight is 624 g/mol. The van der Waals surface area contributed by atoms with E-state index in [9.17, 15) is 40.6 Å². The van der Waals surface area contributed by atoms with E-state index in [0.29, 0.717) is 47.5 Å². The molecule has 3 aromatic rings. The van der Waals surface area contributed by atoms with Crippen LogP contribution in [0.3, 0.4) is 0 Å². The van der Waals surface area contributed by atoms with Crippen molar-refractivity contribution in [2.45, 2.75) is 82.4 Å². The van der Waals surface area contributed by atoms with Gasteiger partial charge in [-0.05, 0) is 99.5 Å². The summed E-state index contributed by atoms with van der Waals surface area (Å²) < 4.78 is 95.8. The Kier molecular flexibility index (Phi) is 7.97. The topological polar surface area (TPSA) is 56.7 Å². The number of piperidine rings is 1. The van der Waals surface area contributed by atoms with Gasteiger partial charge in [-0.25, -0.2) is 9.37 Å². The Morgan fingerprint density at radius 1 is 0.886 bits per heavy atom. The molecule has 3 heterocycles. The molecular formula is C32H32F7N3O2. The second-order valence-electron chi connectivity index (χ2n) is 12.2. The van der Waals surface area contributed by atoms with Crippen molar-refractivity contribution in [2.75, 3.05) is 16.8 Å². The van der Waals surface area contributed by atoms with Crippen molar-refractivity contribution in [3.05, 3.63) is 76.7 Å². The van der Waals surface area contributed by atoms with Crippen LogP contribution in [0.5, 0.6) is 0 Å². The lowest BCUT2D eigenvalue weighted by Gasteiger charge is -2.38. The van der Waals surface area contributed by atoms with Gasteiger partial charge in [0.2, 0.25) is 5.91 Å². The standard InChI is InChI=1S/C32H32F7N3O2/c1-17-9-21(33)5-8-25(17)26-15-28(42-22-6-7-23(42)14-24(43)13-22)40-16-27(26)41(4)29(44)30(2,3)18-10-19(31(34,35)36)12-20(11-18)32(37,38)39/h5,8-12,15-16,22-24,43H,6-7,13-14H2,1-4H3/t22-,23+,24?. The van der Waals surface area contributed by atoms with Gasteiger partial charge in [-0.1, -0.05) is 6.07 Å². The molecule has 5 nitrogen and oxygen atoms in total. The van der Waals surface area contributed by atoms with Gasteiger partial charge in [0.25, 0.3) is 0 Å². The fourth-order valence-corrected chi connectivity index (χ4v) is 6.48. The van der Waals surface area contributed by atoms with E-state index >= 15 is 0 Å². The highest BCUT2D eigenvalue weighted by molar-refractivity contribution is 6.03. The first kappa shape index (κ1) is 31.7. The molecule has 5 rings (SSSR count). The molecule has 0 saturated carbocycles. The molecule has 12 heteroatoms. The molecule has 2 aliphatic heterocycles. The van der Waals surface area contributed by atoms with Crippen LogP contribution in [0.2, 0.25) is 0 Å². The zero-order chi connectivity index (χ0) is 32.4. The molecular weight excluding hydrogens is 591 g/mol. The molecule has 2 fully saturated rings. The van der Waals surface area contributed by atoms with Crippen molar-refractivity contribution in [3.8, 4) is 11.1 Å². The summed E-state index contributed by atoms with van der Waals surface area (Å²) in [5.41, 5.74) is -3.45. The Bertz CT molecular complexity index is 1540. The van der Waals surface area contributed by atoms with Gasteiger partial charge in [-0.2, -0.15) is 26.3 Å². The van der Waals surface area contributed by atoms with E-state index < -0.39 is 52.3 Å². The van der Waals surface area contributed by atoms with Crippen molar-refractivity contribution in [1.29, 1.82) is 0 Å². The molecule has 44 heavy (non-hydrogen) atoms. The minimum atomic E-state index is -5.07. The number of carbonyl (C=O) groups excluding carboxylic acids is 1. The number of aromatic nitrogens is 1. The highest BCUT2D eigenvalue weighted by atomic mass is 19.4. The fraction of sp³-hybridized carbons (Fsp3) is 0.438. The number of halogens is 7. The Balaban J connectivity index is 1.60. The van der Waals surface area contributed by atoms with Crippen LogP contribution in [0.4, 0.5) is 42.2 Å². The number of alkyl halides is 6. The maximum Gasteiger partial charge on any atom is 0.416 e. The second-order valence-corrected chi connectivity index (χ2v) is 12.2. The Morgan fingerprint density at radius 2 is 1.43 bits per heavy atom. The number of hydrogen-bond acceptors (Lipinski definition) is 4. The number of carbonyl (C=O) groups is 1. The minimum absolute atomic E-state index is 0.0263. The van der Waals surface area contributed by atoms with Crippen molar-refractivity contribution < 1.29 is 40.6 Å². The predicted molar refractivity (Wildman–Crippen MR) is 152 cm³/mol. The van der Waals surface area contributed by atoms with Gasteiger partial charge >= 0.3 is 12.4 Å². The van der Waals surface area contributed by atoms with Crippen LogP contribution in [0.25, 0.3) is 11.1 Å². The molecule has 0 aliphatic carbocycles. The lowest BCUT2D eigenvalue weighted by Crippen LogP contribution is -2.45. The molecule has 2 aliphatic rings. The van der Waals surface area contributed by atoms with Crippen LogP contribution >= 0.6 is 0 Å². The Morgan fingerprint density at radius 3 is 1.95 bits per heavy atom. The number of anilines is 2. The smallest absolute Gasteiger partial charge is 0.393 e. The van der Waals surface area contributed by atoms with E-state index in [2.05, 4.69) is 9.88 Å². The Labute approximate surface area is 250 Å². The normalized spacial score (nSPS) is 20.6. The number of nitrogens with zero attached hydrogens (tertiary/aromatic N) is 3. The maximum atomic E-state index is 14.1. The van der Waals surface area contributed by atoms with Crippen LogP contribution in [0.15, 0.2) is 48.7 Å². The number of aryl methyl sites for hydroxylation is 1. The molecule has 2 saturated heterocycles. The van der Waals surface area contributed by atoms with E-state index in [-0.39, 0.29) is 23.8 Å². The largest absolute Gasteiger partial charge is 0.416 e. The molecule has 236 valence electrons. The van der Waals surface area contributed by atoms with Gasteiger partial charge in [-0.15, -0.1) is 0 Å². The van der Waals surface area contributed by atoms with Gasteiger partial charge in [0.05, 0.1) is 34.5 Å². The highest BCUT2D eigenvalue weighted by Gasteiger charge is 2.43. The molecule has 2 bridgehead atoms. The first-order valence-electron chi connectivity index (χ1n) is 14.2. The third-order valence-electron chi connectivity index (χ3n) is 8.83. The maximum absolute atomic E-state index is 14.1. The Hall–Kier alpha value is -3.67. The first-order chi connectivity index (χ1) is 20.4. The lowest BCUT2D eigenvalue weighted by molar-refractivity contribution is -0.143. The van der Waals surface area contributed by atoms with Crippen molar-refractivity contribution >= 4 is 17.4 Å². The molecule has 3 atom stereocenters. The molecule has 2 aromatic carbocycles. The zero-order valence-electron chi connectivity index (χ0n) is 24.5. The summed E-state index contributed by atoms with van der Waals surface area (Å²) in [6.45, 7) is 4.22. The number of hydrogen-bond donors (Lipinski definition) is 1. The summed E-state index contributed by atoms with van der Waals surface area (Å²) >= 11 is 0. The van der Waals surface area contributed by atoms with Crippen molar-refractivity contribution in [3.63, 3.8) is 0 Å². The third-order valence-corrected chi connectivity index (χ3v) is 8.83. The first-order valence-corrected chi connectivity index (χ1v) is 14.2. The van der Waals surface area contributed by atoms with E-state index in [1.165, 1.54) is 39.2 Å².